The number of pyridine rings is 1. The molecule has 148 valence electrons. The number of benzene rings is 1. The van der Waals surface area contributed by atoms with Crippen LogP contribution in [0, 0.1) is 13.8 Å². The van der Waals surface area contributed by atoms with Crippen LogP contribution in [0.2, 0.25) is 0 Å². The van der Waals surface area contributed by atoms with Crippen molar-refractivity contribution in [1.82, 2.24) is 14.9 Å². The van der Waals surface area contributed by atoms with Crippen LogP contribution in [0.3, 0.4) is 0 Å². The Balaban J connectivity index is 1.50. The number of ether oxygens (including phenoxy) is 1. The van der Waals surface area contributed by atoms with Gasteiger partial charge in [-0.25, -0.2) is 4.79 Å². The molecule has 0 spiro atoms. The molecule has 0 saturated heterocycles. The third-order valence-electron chi connectivity index (χ3n) is 5.06. The molecule has 1 fully saturated rings. The monoisotopic (exact) mass is 389 g/mol. The summed E-state index contributed by atoms with van der Waals surface area (Å²) in [6.07, 6.45) is 3.80. The minimum Gasteiger partial charge on any atom is -0.423 e. The van der Waals surface area contributed by atoms with Crippen LogP contribution in [-0.4, -0.2) is 27.5 Å². The topological polar surface area (TPSA) is 73.2 Å². The molecular weight excluding hydrogens is 366 g/mol. The molecule has 4 rings (SSSR count). The lowest BCUT2D eigenvalue weighted by Gasteiger charge is -2.10. The highest BCUT2D eigenvalue weighted by Crippen LogP contribution is 2.22. The highest BCUT2D eigenvalue weighted by Gasteiger charge is 2.24. The van der Waals surface area contributed by atoms with Gasteiger partial charge in [-0.15, -0.1) is 0 Å². The quantitative estimate of drug-likeness (QED) is 0.516. The second kappa shape index (κ2) is 7.91. The number of rotatable bonds is 6. The largest absolute Gasteiger partial charge is 0.423 e. The van der Waals surface area contributed by atoms with Crippen LogP contribution in [-0.2, 0) is 6.54 Å². The second-order valence-corrected chi connectivity index (χ2v) is 7.36. The SMILES string of the molecule is Cc1cc(C(=O)Oc2cccc(C(=O)NC3CC3)c2)c(C)n1Cc1ccccn1. The summed E-state index contributed by atoms with van der Waals surface area (Å²) < 4.78 is 7.60. The Hall–Kier alpha value is -3.41. The zero-order valence-electron chi connectivity index (χ0n) is 16.5. The molecule has 3 aromatic rings. The molecule has 1 aliphatic rings. The van der Waals surface area contributed by atoms with Gasteiger partial charge in [-0.05, 0) is 63.1 Å². The summed E-state index contributed by atoms with van der Waals surface area (Å²) in [5.41, 5.74) is 3.69. The van der Waals surface area contributed by atoms with Crippen LogP contribution in [0.1, 0.15) is 50.6 Å². The number of esters is 1. The first-order valence-corrected chi connectivity index (χ1v) is 9.71. The standard InChI is InChI=1S/C23H23N3O3/c1-15-12-21(16(2)26(15)14-19-7-3-4-11-24-19)23(28)29-20-8-5-6-17(13-20)22(27)25-18-9-10-18/h3-8,11-13,18H,9-10,14H2,1-2H3,(H,25,27). The molecule has 0 bridgehead atoms. The van der Waals surface area contributed by atoms with Gasteiger partial charge in [0.05, 0.1) is 17.8 Å². The number of aromatic nitrogens is 2. The van der Waals surface area contributed by atoms with Crippen molar-refractivity contribution >= 4 is 11.9 Å². The van der Waals surface area contributed by atoms with Gasteiger partial charge in [0.2, 0.25) is 0 Å². The molecular formula is C23H23N3O3. The maximum atomic E-state index is 12.8. The van der Waals surface area contributed by atoms with E-state index in [0.717, 1.165) is 29.9 Å². The Morgan fingerprint density at radius 3 is 2.69 bits per heavy atom. The van der Waals surface area contributed by atoms with Gasteiger partial charge in [-0.1, -0.05) is 12.1 Å². The van der Waals surface area contributed by atoms with Gasteiger partial charge in [-0.2, -0.15) is 0 Å². The van der Waals surface area contributed by atoms with Crippen LogP contribution in [0.15, 0.2) is 54.7 Å². The van der Waals surface area contributed by atoms with E-state index in [0.29, 0.717) is 23.4 Å². The fourth-order valence-electron chi connectivity index (χ4n) is 3.26. The van der Waals surface area contributed by atoms with E-state index in [9.17, 15) is 9.59 Å². The van der Waals surface area contributed by atoms with Gasteiger partial charge < -0.3 is 14.6 Å². The predicted octanol–water partition coefficient (Wildman–Crippen LogP) is 3.66. The first-order valence-electron chi connectivity index (χ1n) is 9.71. The van der Waals surface area contributed by atoms with Gasteiger partial charge in [-0.3, -0.25) is 9.78 Å². The van der Waals surface area contributed by atoms with Gasteiger partial charge in [0, 0.05) is 29.2 Å². The number of carbonyl (C=O) groups is 2. The number of carbonyl (C=O) groups excluding carboxylic acids is 2. The lowest BCUT2D eigenvalue weighted by Crippen LogP contribution is -2.25. The average molecular weight is 389 g/mol. The maximum absolute atomic E-state index is 12.8. The first kappa shape index (κ1) is 18.9. The van der Waals surface area contributed by atoms with E-state index in [-0.39, 0.29) is 11.9 Å². The van der Waals surface area contributed by atoms with Crippen LogP contribution in [0.4, 0.5) is 0 Å². The van der Waals surface area contributed by atoms with Crippen molar-refractivity contribution in [2.75, 3.05) is 0 Å². The molecule has 29 heavy (non-hydrogen) atoms. The summed E-state index contributed by atoms with van der Waals surface area (Å²) in [5.74, 6) is -0.225. The van der Waals surface area contributed by atoms with Gasteiger partial charge in [0.1, 0.15) is 5.75 Å². The van der Waals surface area contributed by atoms with Crippen LogP contribution in [0.5, 0.6) is 5.75 Å². The number of nitrogens with zero attached hydrogens (tertiary/aromatic N) is 2. The van der Waals surface area contributed by atoms with E-state index in [1.54, 1.807) is 30.5 Å². The van der Waals surface area contributed by atoms with Crippen molar-refractivity contribution < 1.29 is 14.3 Å². The van der Waals surface area contributed by atoms with E-state index < -0.39 is 5.97 Å². The number of aryl methyl sites for hydroxylation is 1. The number of hydrogen-bond acceptors (Lipinski definition) is 4. The highest BCUT2D eigenvalue weighted by atomic mass is 16.5. The Labute approximate surface area is 169 Å². The summed E-state index contributed by atoms with van der Waals surface area (Å²) in [6.45, 7) is 4.43. The normalized spacial score (nSPS) is 13.2. The van der Waals surface area contributed by atoms with Crippen molar-refractivity contribution in [1.29, 1.82) is 0 Å². The minimum absolute atomic E-state index is 0.140. The Kier molecular flexibility index (Phi) is 5.16. The molecule has 1 aromatic carbocycles. The smallest absolute Gasteiger partial charge is 0.345 e. The van der Waals surface area contributed by atoms with Crippen LogP contribution >= 0.6 is 0 Å². The zero-order valence-corrected chi connectivity index (χ0v) is 16.5. The molecule has 6 heteroatoms. The summed E-state index contributed by atoms with van der Waals surface area (Å²) in [4.78, 5) is 29.3. The van der Waals surface area contributed by atoms with E-state index in [2.05, 4.69) is 10.3 Å². The van der Waals surface area contributed by atoms with Crippen molar-refractivity contribution in [3.63, 3.8) is 0 Å². The summed E-state index contributed by atoms with van der Waals surface area (Å²) in [7, 11) is 0. The lowest BCUT2D eigenvalue weighted by atomic mass is 10.2. The fourth-order valence-corrected chi connectivity index (χ4v) is 3.26. The molecule has 6 nitrogen and oxygen atoms in total. The molecule has 0 aliphatic heterocycles. The summed E-state index contributed by atoms with van der Waals surface area (Å²) in [5, 5.41) is 2.94. The molecule has 2 heterocycles. The molecule has 0 radical (unpaired) electrons. The molecule has 1 amide bonds. The third kappa shape index (κ3) is 4.37. The van der Waals surface area contributed by atoms with Crippen molar-refractivity contribution in [2.24, 2.45) is 0 Å². The van der Waals surface area contributed by atoms with Gasteiger partial charge >= 0.3 is 5.97 Å². The van der Waals surface area contributed by atoms with Crippen LogP contribution < -0.4 is 10.1 Å². The van der Waals surface area contributed by atoms with Gasteiger partial charge in [0.25, 0.3) is 5.91 Å². The number of nitrogens with one attached hydrogen (secondary N) is 1. The molecule has 2 aromatic heterocycles. The van der Waals surface area contributed by atoms with E-state index in [1.165, 1.54) is 0 Å². The Morgan fingerprint density at radius 1 is 1.14 bits per heavy atom. The highest BCUT2D eigenvalue weighted by molar-refractivity contribution is 5.96. The van der Waals surface area contributed by atoms with E-state index >= 15 is 0 Å². The Morgan fingerprint density at radius 2 is 1.97 bits per heavy atom. The van der Waals surface area contributed by atoms with Crippen molar-refractivity contribution in [3.05, 3.63) is 82.9 Å². The maximum Gasteiger partial charge on any atom is 0.345 e. The predicted molar refractivity (Wildman–Crippen MR) is 109 cm³/mol. The Bertz CT molecular complexity index is 1050. The molecule has 1 aliphatic carbocycles. The fraction of sp³-hybridized carbons (Fsp3) is 0.261. The molecule has 0 atom stereocenters. The number of amides is 1. The van der Waals surface area contributed by atoms with E-state index in [4.69, 9.17) is 4.74 Å². The lowest BCUT2D eigenvalue weighted by molar-refractivity contribution is 0.0732. The summed E-state index contributed by atoms with van der Waals surface area (Å²) in [6, 6.07) is 14.6. The average Bonchev–Trinajstić information content (AvgIpc) is 3.49. The van der Waals surface area contributed by atoms with E-state index in [1.807, 2.05) is 42.7 Å². The molecule has 0 unspecified atom stereocenters. The summed E-state index contributed by atoms with van der Waals surface area (Å²) >= 11 is 0. The molecule has 1 N–H and O–H groups in total. The first-order chi connectivity index (χ1) is 14.0. The third-order valence-corrected chi connectivity index (χ3v) is 5.06. The van der Waals surface area contributed by atoms with Crippen molar-refractivity contribution in [3.8, 4) is 5.75 Å². The van der Waals surface area contributed by atoms with Crippen molar-refractivity contribution in [2.45, 2.75) is 39.3 Å². The number of hydrogen-bond donors (Lipinski definition) is 1. The van der Waals surface area contributed by atoms with Gasteiger partial charge in [0.15, 0.2) is 0 Å². The van der Waals surface area contributed by atoms with Crippen LogP contribution in [0.25, 0.3) is 0 Å². The second-order valence-electron chi connectivity index (χ2n) is 7.36. The minimum atomic E-state index is -0.440. The molecule has 1 saturated carbocycles. The zero-order chi connectivity index (χ0) is 20.4.